The van der Waals surface area contributed by atoms with Gasteiger partial charge < -0.3 is 14.8 Å². The highest BCUT2D eigenvalue weighted by molar-refractivity contribution is 7.16. The molecule has 1 amide bonds. The minimum absolute atomic E-state index is 0.119. The van der Waals surface area contributed by atoms with Gasteiger partial charge >= 0.3 is 0 Å². The van der Waals surface area contributed by atoms with Crippen LogP contribution in [0.15, 0.2) is 29.6 Å². The summed E-state index contributed by atoms with van der Waals surface area (Å²) in [4.78, 5) is 19.0. The number of thiazole rings is 1. The van der Waals surface area contributed by atoms with Gasteiger partial charge in [0.05, 0.1) is 27.1 Å². The first-order chi connectivity index (χ1) is 12.1. The number of amides is 1. The molecule has 0 aliphatic carbocycles. The van der Waals surface area contributed by atoms with E-state index < -0.39 is 0 Å². The molecule has 0 atom stereocenters. The Bertz CT molecular complexity index is 951. The largest absolute Gasteiger partial charge is 0.454 e. The van der Waals surface area contributed by atoms with Crippen molar-refractivity contribution in [2.24, 2.45) is 0 Å². The van der Waals surface area contributed by atoms with Gasteiger partial charge in [0.2, 0.25) is 6.79 Å². The molecule has 1 aliphatic heterocycles. The summed E-state index contributed by atoms with van der Waals surface area (Å²) in [7, 11) is 0. The molecule has 4 rings (SSSR count). The Kier molecular flexibility index (Phi) is 4.37. The van der Waals surface area contributed by atoms with Crippen LogP contribution in [0.4, 0.5) is 0 Å². The Morgan fingerprint density at radius 1 is 1.36 bits per heavy atom. The molecule has 2 aromatic heterocycles. The van der Waals surface area contributed by atoms with Crippen LogP contribution in [0, 0.1) is 6.92 Å². The molecule has 0 fully saturated rings. The van der Waals surface area contributed by atoms with E-state index in [4.69, 9.17) is 21.1 Å². The fourth-order valence-corrected chi connectivity index (χ4v) is 4.32. The van der Waals surface area contributed by atoms with Crippen LogP contribution in [0.3, 0.4) is 0 Å². The quantitative estimate of drug-likeness (QED) is 0.710. The summed E-state index contributed by atoms with van der Waals surface area (Å²) in [6.07, 6.45) is 0. The Balaban J connectivity index is 1.44. The van der Waals surface area contributed by atoms with E-state index in [0.717, 1.165) is 20.5 Å². The number of hydrogen-bond donors (Lipinski definition) is 1. The van der Waals surface area contributed by atoms with Gasteiger partial charge in [0, 0.05) is 15.8 Å². The molecular weight excluding hydrogens is 380 g/mol. The number of hydrogen-bond acceptors (Lipinski definition) is 6. The minimum Gasteiger partial charge on any atom is -0.454 e. The van der Waals surface area contributed by atoms with E-state index in [0.29, 0.717) is 28.6 Å². The number of carbonyl (C=O) groups excluding carboxylic acids is 1. The lowest BCUT2D eigenvalue weighted by atomic mass is 10.2. The first-order valence-corrected chi connectivity index (χ1v) is 9.56. The van der Waals surface area contributed by atoms with E-state index in [1.165, 1.54) is 0 Å². The summed E-state index contributed by atoms with van der Waals surface area (Å²) in [6, 6.07) is 7.25. The summed E-state index contributed by atoms with van der Waals surface area (Å²) >= 11 is 9.37. The van der Waals surface area contributed by atoms with E-state index in [1.54, 1.807) is 34.8 Å². The maximum atomic E-state index is 12.4. The van der Waals surface area contributed by atoms with E-state index in [-0.39, 0.29) is 12.7 Å². The van der Waals surface area contributed by atoms with Crippen LogP contribution >= 0.6 is 34.3 Å². The van der Waals surface area contributed by atoms with E-state index in [2.05, 4.69) is 10.3 Å². The van der Waals surface area contributed by atoms with Crippen molar-refractivity contribution in [1.82, 2.24) is 10.3 Å². The van der Waals surface area contributed by atoms with Gasteiger partial charge in [-0.3, -0.25) is 4.79 Å². The third-order valence-electron chi connectivity index (χ3n) is 3.65. The highest BCUT2D eigenvalue weighted by atomic mass is 35.5. The van der Waals surface area contributed by atoms with Crippen molar-refractivity contribution >= 4 is 40.2 Å². The smallest absolute Gasteiger partial charge is 0.251 e. The van der Waals surface area contributed by atoms with Gasteiger partial charge in [0.25, 0.3) is 5.91 Å². The molecule has 3 aromatic rings. The second-order valence-corrected chi connectivity index (χ2v) is 8.03. The topological polar surface area (TPSA) is 60.5 Å². The number of benzene rings is 1. The molecule has 1 N–H and O–H groups in total. The molecule has 0 unspecified atom stereocenters. The number of carbonyl (C=O) groups is 1. The molecular formula is C17H13ClN2O3S2. The van der Waals surface area contributed by atoms with Crippen molar-refractivity contribution in [3.8, 4) is 22.1 Å². The van der Waals surface area contributed by atoms with Gasteiger partial charge in [-0.15, -0.1) is 22.7 Å². The predicted molar refractivity (Wildman–Crippen MR) is 98.9 cm³/mol. The van der Waals surface area contributed by atoms with Gasteiger partial charge in [-0.2, -0.15) is 0 Å². The number of fused-ring (bicyclic) bond motifs is 1. The number of nitrogens with one attached hydrogen (secondary N) is 1. The highest BCUT2D eigenvalue weighted by Gasteiger charge is 2.20. The number of rotatable bonds is 4. The average molecular weight is 393 g/mol. The zero-order valence-electron chi connectivity index (χ0n) is 13.2. The molecule has 1 aliphatic rings. The normalized spacial score (nSPS) is 12.4. The maximum absolute atomic E-state index is 12.4. The summed E-state index contributed by atoms with van der Waals surface area (Å²) in [6.45, 7) is 2.55. The number of ether oxygens (including phenoxy) is 2. The lowest BCUT2D eigenvalue weighted by Crippen LogP contribution is -2.22. The molecule has 0 bridgehead atoms. The summed E-state index contributed by atoms with van der Waals surface area (Å²) in [5, 5.41) is 6.35. The standard InChI is InChI=1S/C17H13ClN2O3S2/c1-9-20-13(7-24-9)15-3-2-11(25-15)6-19-17(21)10-4-12(18)16-14(5-10)22-8-23-16/h2-5,7H,6,8H2,1H3,(H,19,21). The van der Waals surface area contributed by atoms with Crippen molar-refractivity contribution in [1.29, 1.82) is 0 Å². The van der Waals surface area contributed by atoms with Crippen LogP contribution in [0.1, 0.15) is 20.2 Å². The molecule has 128 valence electrons. The van der Waals surface area contributed by atoms with E-state index in [9.17, 15) is 4.79 Å². The number of thiophene rings is 1. The zero-order valence-corrected chi connectivity index (χ0v) is 15.6. The molecule has 0 radical (unpaired) electrons. The third-order valence-corrected chi connectivity index (χ3v) is 5.81. The second-order valence-electron chi connectivity index (χ2n) is 5.39. The molecule has 0 saturated carbocycles. The summed E-state index contributed by atoms with van der Waals surface area (Å²) < 4.78 is 10.5. The second kappa shape index (κ2) is 6.67. The minimum atomic E-state index is -0.209. The zero-order chi connectivity index (χ0) is 17.4. The first-order valence-electron chi connectivity index (χ1n) is 7.49. The lowest BCUT2D eigenvalue weighted by molar-refractivity contribution is 0.0951. The molecule has 5 nitrogen and oxygen atoms in total. The van der Waals surface area contributed by atoms with Crippen LogP contribution in [0.2, 0.25) is 5.02 Å². The van der Waals surface area contributed by atoms with Crippen LogP contribution < -0.4 is 14.8 Å². The van der Waals surface area contributed by atoms with Crippen LogP contribution in [-0.2, 0) is 6.54 Å². The Morgan fingerprint density at radius 3 is 3.04 bits per heavy atom. The monoisotopic (exact) mass is 392 g/mol. The molecule has 0 spiro atoms. The third kappa shape index (κ3) is 3.35. The average Bonchev–Trinajstić information content (AvgIpc) is 3.32. The van der Waals surface area contributed by atoms with E-state index >= 15 is 0 Å². The van der Waals surface area contributed by atoms with Crippen molar-refractivity contribution in [3.05, 3.63) is 50.1 Å². The fourth-order valence-electron chi connectivity index (χ4n) is 2.46. The van der Waals surface area contributed by atoms with Crippen molar-refractivity contribution in [2.45, 2.75) is 13.5 Å². The predicted octanol–water partition coefficient (Wildman–Crippen LogP) is 4.49. The molecule has 0 saturated heterocycles. The highest BCUT2D eigenvalue weighted by Crippen LogP contribution is 2.39. The van der Waals surface area contributed by atoms with E-state index in [1.807, 2.05) is 24.4 Å². The Morgan fingerprint density at radius 2 is 2.24 bits per heavy atom. The molecule has 1 aromatic carbocycles. The lowest BCUT2D eigenvalue weighted by Gasteiger charge is -2.06. The van der Waals surface area contributed by atoms with Gasteiger partial charge in [-0.1, -0.05) is 11.6 Å². The molecule has 3 heterocycles. The maximum Gasteiger partial charge on any atom is 0.251 e. The number of halogens is 1. The first kappa shape index (κ1) is 16.4. The number of nitrogens with zero attached hydrogens (tertiary/aromatic N) is 1. The van der Waals surface area contributed by atoms with Gasteiger partial charge in [-0.25, -0.2) is 4.98 Å². The van der Waals surface area contributed by atoms with Crippen LogP contribution in [0.25, 0.3) is 10.6 Å². The van der Waals surface area contributed by atoms with Gasteiger partial charge in [0.15, 0.2) is 11.5 Å². The van der Waals surface area contributed by atoms with Crippen molar-refractivity contribution < 1.29 is 14.3 Å². The van der Waals surface area contributed by atoms with Gasteiger partial charge in [0.1, 0.15) is 0 Å². The molecule has 25 heavy (non-hydrogen) atoms. The van der Waals surface area contributed by atoms with Crippen molar-refractivity contribution in [3.63, 3.8) is 0 Å². The summed E-state index contributed by atoms with van der Waals surface area (Å²) in [5.41, 5.74) is 1.42. The SMILES string of the molecule is Cc1nc(-c2ccc(CNC(=O)c3cc(Cl)c4c(c3)OCO4)s2)cs1. The Hall–Kier alpha value is -2.09. The van der Waals surface area contributed by atoms with Crippen LogP contribution in [-0.4, -0.2) is 17.7 Å². The fraction of sp³-hybridized carbons (Fsp3) is 0.176. The molecule has 8 heteroatoms. The van der Waals surface area contributed by atoms with Crippen LogP contribution in [0.5, 0.6) is 11.5 Å². The van der Waals surface area contributed by atoms with Crippen molar-refractivity contribution in [2.75, 3.05) is 6.79 Å². The summed E-state index contributed by atoms with van der Waals surface area (Å²) in [5.74, 6) is 0.772. The van der Waals surface area contributed by atoms with Gasteiger partial charge in [-0.05, 0) is 31.2 Å². The number of aromatic nitrogens is 1. The number of aryl methyl sites for hydroxylation is 1. The Labute approximate surface area is 157 Å².